The monoisotopic (exact) mass is 498 g/mol. The van der Waals surface area contributed by atoms with E-state index in [-0.39, 0.29) is 18.1 Å². The van der Waals surface area contributed by atoms with Crippen molar-refractivity contribution in [1.29, 1.82) is 0 Å². The summed E-state index contributed by atoms with van der Waals surface area (Å²) in [6, 6.07) is 3.95. The number of rotatable bonds is 14. The molecule has 0 aliphatic heterocycles. The summed E-state index contributed by atoms with van der Waals surface area (Å²) in [4.78, 5) is 27.2. The van der Waals surface area contributed by atoms with Gasteiger partial charge in [-0.1, -0.05) is 34.9 Å². The van der Waals surface area contributed by atoms with Gasteiger partial charge >= 0.3 is 5.97 Å². The number of benzene rings is 1. The molecule has 0 aliphatic carbocycles. The van der Waals surface area contributed by atoms with E-state index in [9.17, 15) is 19.8 Å². The molecule has 190 valence electrons. The van der Waals surface area contributed by atoms with Crippen LogP contribution in [0.1, 0.15) is 58.9 Å². The summed E-state index contributed by atoms with van der Waals surface area (Å²) in [5, 5.41) is 22.6. The molecule has 0 spiro atoms. The number of aromatic nitrogens is 1. The maximum absolute atomic E-state index is 12.5. The van der Waals surface area contributed by atoms with Crippen LogP contribution >= 0.6 is 11.8 Å². The molecule has 2 aromatic rings. The zero-order valence-electron chi connectivity index (χ0n) is 21.2. The van der Waals surface area contributed by atoms with Crippen molar-refractivity contribution < 1.29 is 19.8 Å². The van der Waals surface area contributed by atoms with Crippen LogP contribution in [0.15, 0.2) is 59.3 Å². The van der Waals surface area contributed by atoms with Crippen LogP contribution in [-0.4, -0.2) is 44.6 Å². The number of nitrogens with one attached hydrogen (secondary N) is 2. The molecule has 1 aromatic heterocycles. The molecular formula is C28H38N2O4S. The number of carboxylic acids is 1. The third-order valence-electron chi connectivity index (χ3n) is 5.69. The Balaban J connectivity index is 1.76. The Kier molecular flexibility index (Phi) is 11.7. The zero-order chi connectivity index (χ0) is 25.8. The molecule has 1 aromatic carbocycles. The molecular weight excluding hydrogens is 460 g/mol. The largest absolute Gasteiger partial charge is 0.508 e. The van der Waals surface area contributed by atoms with Crippen LogP contribution in [0.25, 0.3) is 10.9 Å². The van der Waals surface area contributed by atoms with Gasteiger partial charge in [0.1, 0.15) is 11.8 Å². The molecule has 0 fully saturated rings. The van der Waals surface area contributed by atoms with Crippen LogP contribution in [0.4, 0.5) is 0 Å². The number of H-pyrrole nitrogens is 1. The lowest BCUT2D eigenvalue weighted by Crippen LogP contribution is -2.43. The molecule has 6 nitrogen and oxygen atoms in total. The van der Waals surface area contributed by atoms with Crippen LogP contribution in [-0.2, 0) is 16.0 Å². The minimum absolute atomic E-state index is 0.0399. The Labute approximate surface area is 212 Å². The van der Waals surface area contributed by atoms with Gasteiger partial charge in [-0.05, 0) is 77.1 Å². The van der Waals surface area contributed by atoms with Crippen LogP contribution in [0.2, 0.25) is 0 Å². The van der Waals surface area contributed by atoms with Gasteiger partial charge in [-0.3, -0.25) is 4.79 Å². The summed E-state index contributed by atoms with van der Waals surface area (Å²) in [6.07, 6.45) is 12.6. The van der Waals surface area contributed by atoms with E-state index in [1.165, 1.54) is 28.5 Å². The summed E-state index contributed by atoms with van der Waals surface area (Å²) in [5.74, 6) is -0.288. The predicted molar refractivity (Wildman–Crippen MR) is 146 cm³/mol. The van der Waals surface area contributed by atoms with Gasteiger partial charge < -0.3 is 20.5 Å². The third-order valence-corrected chi connectivity index (χ3v) is 6.66. The highest BCUT2D eigenvalue weighted by Crippen LogP contribution is 2.23. The van der Waals surface area contributed by atoms with Crippen LogP contribution in [0, 0.1) is 0 Å². The summed E-state index contributed by atoms with van der Waals surface area (Å²) in [6.45, 7) is 8.52. The first kappa shape index (κ1) is 28.3. The number of hydrogen-bond acceptors (Lipinski definition) is 4. The number of amides is 1. The van der Waals surface area contributed by atoms with Crippen molar-refractivity contribution in [3.8, 4) is 5.75 Å². The summed E-state index contributed by atoms with van der Waals surface area (Å²) in [5.41, 5.74) is 5.57. The van der Waals surface area contributed by atoms with Gasteiger partial charge in [0.15, 0.2) is 0 Å². The standard InChI is InChI=1S/C28H38N2O4S/c1-19(2)7-5-8-20(3)9-6-10-21(4)13-14-35-18-26(28(33)34)30-27(32)15-22-17-29-25-12-11-23(31)16-24(22)25/h7,9,11-13,16-17,26,29,31H,5-6,8,10,14-15,18H2,1-4H3,(H,30,32)(H,33,34)/t26-/m0/s1. The van der Waals surface area contributed by atoms with E-state index in [2.05, 4.69) is 56.2 Å². The van der Waals surface area contributed by atoms with Crippen LogP contribution in [0.5, 0.6) is 5.75 Å². The number of phenolic OH excluding ortho intramolecular Hbond substituents is 1. The van der Waals surface area contributed by atoms with Gasteiger partial charge in [0.2, 0.25) is 5.91 Å². The van der Waals surface area contributed by atoms with Crippen molar-refractivity contribution in [2.24, 2.45) is 0 Å². The molecule has 1 amide bonds. The topological polar surface area (TPSA) is 102 Å². The van der Waals surface area contributed by atoms with E-state index in [0.717, 1.165) is 36.6 Å². The van der Waals surface area contributed by atoms with E-state index >= 15 is 0 Å². The Bertz CT molecular complexity index is 1090. The molecule has 0 radical (unpaired) electrons. The second-order valence-corrected chi connectivity index (χ2v) is 10.3. The van der Waals surface area contributed by atoms with E-state index in [1.807, 2.05) is 0 Å². The van der Waals surface area contributed by atoms with Crippen molar-refractivity contribution in [3.05, 3.63) is 64.9 Å². The Morgan fingerprint density at radius 1 is 1.06 bits per heavy atom. The quantitative estimate of drug-likeness (QED) is 0.185. The summed E-state index contributed by atoms with van der Waals surface area (Å²) >= 11 is 1.49. The summed E-state index contributed by atoms with van der Waals surface area (Å²) in [7, 11) is 0. The predicted octanol–water partition coefficient (Wildman–Crippen LogP) is 6.14. The fourth-order valence-corrected chi connectivity index (χ4v) is 4.63. The smallest absolute Gasteiger partial charge is 0.327 e. The van der Waals surface area contributed by atoms with Crippen LogP contribution < -0.4 is 5.32 Å². The third kappa shape index (κ3) is 10.5. The number of aliphatic carboxylic acids is 1. The highest BCUT2D eigenvalue weighted by molar-refractivity contribution is 7.99. The molecule has 0 saturated heterocycles. The molecule has 1 atom stereocenters. The van der Waals surface area contributed by atoms with Crippen molar-refractivity contribution in [3.63, 3.8) is 0 Å². The number of hydrogen-bond donors (Lipinski definition) is 4. The molecule has 0 saturated carbocycles. The van der Waals surface area contributed by atoms with E-state index in [0.29, 0.717) is 17.1 Å². The van der Waals surface area contributed by atoms with Gasteiger partial charge in [0, 0.05) is 28.6 Å². The van der Waals surface area contributed by atoms with Gasteiger partial charge in [-0.15, -0.1) is 0 Å². The zero-order valence-corrected chi connectivity index (χ0v) is 22.0. The van der Waals surface area contributed by atoms with E-state index in [1.54, 1.807) is 24.4 Å². The number of aromatic amines is 1. The summed E-state index contributed by atoms with van der Waals surface area (Å²) < 4.78 is 0. The highest BCUT2D eigenvalue weighted by Gasteiger charge is 2.20. The number of allylic oxidation sites excluding steroid dienone is 5. The number of carbonyl (C=O) groups is 2. The van der Waals surface area contributed by atoms with Crippen LogP contribution in [0.3, 0.4) is 0 Å². The minimum atomic E-state index is -1.04. The van der Waals surface area contributed by atoms with Crippen molar-refractivity contribution in [2.45, 2.75) is 65.8 Å². The number of fused-ring (bicyclic) bond motifs is 1. The molecule has 2 rings (SSSR count). The minimum Gasteiger partial charge on any atom is -0.508 e. The fraction of sp³-hybridized carbons (Fsp3) is 0.429. The molecule has 4 N–H and O–H groups in total. The Morgan fingerprint density at radius 3 is 2.43 bits per heavy atom. The maximum Gasteiger partial charge on any atom is 0.327 e. The van der Waals surface area contributed by atoms with Gasteiger partial charge in [0.25, 0.3) is 0 Å². The molecule has 0 unspecified atom stereocenters. The van der Waals surface area contributed by atoms with Crippen molar-refractivity contribution >= 4 is 34.5 Å². The molecule has 0 bridgehead atoms. The first-order valence-electron chi connectivity index (χ1n) is 12.0. The second kappa shape index (κ2) is 14.5. The number of thioether (sulfide) groups is 1. The molecule has 1 heterocycles. The normalized spacial score (nSPS) is 13.0. The lowest BCUT2D eigenvalue weighted by Gasteiger charge is -2.14. The highest BCUT2D eigenvalue weighted by atomic mass is 32.2. The number of carboxylic acid groups (broad SMARTS) is 1. The average Bonchev–Trinajstić information content (AvgIpc) is 3.17. The Hall–Kier alpha value is -2.93. The van der Waals surface area contributed by atoms with Gasteiger partial charge in [-0.25, -0.2) is 4.79 Å². The second-order valence-electron chi connectivity index (χ2n) is 9.18. The van der Waals surface area contributed by atoms with Gasteiger partial charge in [0.05, 0.1) is 6.42 Å². The SMILES string of the molecule is CC(C)=CCCC(C)=CCCC(C)=CCSC[C@H](NC(=O)Cc1c[nH]c2ccc(O)cc12)C(=O)O. The van der Waals surface area contributed by atoms with Gasteiger partial charge in [-0.2, -0.15) is 11.8 Å². The fourth-order valence-electron chi connectivity index (χ4n) is 3.63. The Morgan fingerprint density at radius 2 is 1.74 bits per heavy atom. The first-order chi connectivity index (χ1) is 16.7. The maximum atomic E-state index is 12.5. The van der Waals surface area contributed by atoms with E-state index < -0.39 is 12.0 Å². The number of phenols is 1. The van der Waals surface area contributed by atoms with Crippen molar-refractivity contribution in [2.75, 3.05) is 11.5 Å². The number of aromatic hydroxyl groups is 1. The molecule has 35 heavy (non-hydrogen) atoms. The van der Waals surface area contributed by atoms with E-state index in [4.69, 9.17) is 0 Å². The molecule has 0 aliphatic rings. The van der Waals surface area contributed by atoms with Crippen molar-refractivity contribution in [1.82, 2.24) is 10.3 Å². The molecule has 7 heteroatoms. The number of carbonyl (C=O) groups excluding carboxylic acids is 1. The lowest BCUT2D eigenvalue weighted by molar-refractivity contribution is -0.141. The first-order valence-corrected chi connectivity index (χ1v) is 13.1. The lowest BCUT2D eigenvalue weighted by atomic mass is 10.1. The average molecular weight is 499 g/mol.